The zero-order valence-corrected chi connectivity index (χ0v) is 26.5. The molecule has 0 aliphatic rings. The van der Waals surface area contributed by atoms with Gasteiger partial charge in [-0.25, -0.2) is 0 Å². The van der Waals surface area contributed by atoms with Crippen molar-refractivity contribution < 1.29 is 9.53 Å². The van der Waals surface area contributed by atoms with E-state index in [1.165, 1.54) is 0 Å². The Morgan fingerprint density at radius 2 is 1.75 bits per heavy atom. The number of hydrogen-bond acceptors (Lipinski definition) is 4. The molecule has 2 aromatic carbocycles. The number of ether oxygens (including phenoxy) is 1. The van der Waals surface area contributed by atoms with Gasteiger partial charge in [0.1, 0.15) is 0 Å². The van der Waals surface area contributed by atoms with Crippen molar-refractivity contribution in [3.05, 3.63) is 87.7 Å². The van der Waals surface area contributed by atoms with Crippen LogP contribution < -0.4 is 4.90 Å². The number of aryl methyl sites for hydroxylation is 1. The SMILES string of the molecule is CCC/C=C(\C(=CCCCC)N=C(C)c1cccc(Cl)c1)N(CCOC)c1ccc(C(=O)C(CC)CC)cc1C. The summed E-state index contributed by atoms with van der Waals surface area (Å²) in [5.41, 5.74) is 6.87. The summed E-state index contributed by atoms with van der Waals surface area (Å²) < 4.78 is 5.56. The maximum Gasteiger partial charge on any atom is 0.165 e. The van der Waals surface area contributed by atoms with Crippen molar-refractivity contribution in [2.45, 2.75) is 86.5 Å². The summed E-state index contributed by atoms with van der Waals surface area (Å²) >= 11 is 6.31. The highest BCUT2D eigenvalue weighted by molar-refractivity contribution is 6.31. The number of unbranched alkanes of at least 4 members (excludes halogenated alkanes) is 3. The summed E-state index contributed by atoms with van der Waals surface area (Å²) in [6.07, 6.45) is 11.4. The van der Waals surface area contributed by atoms with E-state index in [0.717, 1.165) is 84.4 Å². The molecule has 0 radical (unpaired) electrons. The minimum atomic E-state index is 0.0618. The number of carbonyl (C=O) groups excluding carboxylic acids is 1. The summed E-state index contributed by atoms with van der Waals surface area (Å²) in [5.74, 6) is 0.290. The van der Waals surface area contributed by atoms with Gasteiger partial charge in [0, 0.05) is 41.6 Å². The summed E-state index contributed by atoms with van der Waals surface area (Å²) in [6.45, 7) is 13.9. The summed E-state index contributed by atoms with van der Waals surface area (Å²) in [4.78, 5) is 20.7. The van der Waals surface area contributed by atoms with Crippen molar-refractivity contribution in [3.8, 4) is 0 Å². The number of allylic oxidation sites excluding steroid dienone is 2. The van der Waals surface area contributed by atoms with Crippen LogP contribution in [0.2, 0.25) is 5.02 Å². The molecule has 0 unspecified atom stereocenters. The average molecular weight is 565 g/mol. The number of nitrogens with zero attached hydrogens (tertiary/aromatic N) is 2. The highest BCUT2D eigenvalue weighted by Crippen LogP contribution is 2.31. The Bertz CT molecular complexity index is 1180. The minimum Gasteiger partial charge on any atom is -0.383 e. The topological polar surface area (TPSA) is 41.9 Å². The van der Waals surface area contributed by atoms with Gasteiger partial charge in [-0.3, -0.25) is 9.79 Å². The predicted octanol–water partition coefficient (Wildman–Crippen LogP) is 9.99. The lowest BCUT2D eigenvalue weighted by atomic mass is 9.92. The molecule has 5 heteroatoms. The number of ketones is 1. The Morgan fingerprint density at radius 1 is 1.00 bits per heavy atom. The fourth-order valence-corrected chi connectivity index (χ4v) is 4.99. The largest absolute Gasteiger partial charge is 0.383 e. The van der Waals surface area contributed by atoms with Crippen molar-refractivity contribution in [2.24, 2.45) is 10.9 Å². The first-order valence-corrected chi connectivity index (χ1v) is 15.3. The van der Waals surface area contributed by atoms with Gasteiger partial charge in [0.25, 0.3) is 0 Å². The van der Waals surface area contributed by atoms with Gasteiger partial charge in [-0.05, 0) is 87.4 Å². The molecule has 0 heterocycles. The smallest absolute Gasteiger partial charge is 0.165 e. The Balaban J connectivity index is 2.67. The van der Waals surface area contributed by atoms with Crippen LogP contribution in [0, 0.1) is 12.8 Å². The first kappa shape index (κ1) is 33.5. The molecule has 2 rings (SSSR count). The van der Waals surface area contributed by atoms with Crippen LogP contribution in [0.4, 0.5) is 5.69 Å². The minimum absolute atomic E-state index is 0.0618. The van der Waals surface area contributed by atoms with Gasteiger partial charge in [-0.1, -0.05) is 76.4 Å². The van der Waals surface area contributed by atoms with Crippen LogP contribution in [0.5, 0.6) is 0 Å². The number of hydrogen-bond donors (Lipinski definition) is 0. The molecule has 0 bridgehead atoms. The van der Waals surface area contributed by atoms with Crippen molar-refractivity contribution in [1.29, 1.82) is 0 Å². The van der Waals surface area contributed by atoms with Gasteiger partial charge >= 0.3 is 0 Å². The van der Waals surface area contributed by atoms with Crippen LogP contribution in [0.15, 0.2) is 71.0 Å². The maximum absolute atomic E-state index is 13.1. The highest BCUT2D eigenvalue weighted by Gasteiger charge is 2.21. The normalized spacial score (nSPS) is 12.8. The molecular weight excluding hydrogens is 516 g/mol. The molecule has 2 aromatic rings. The predicted molar refractivity (Wildman–Crippen MR) is 173 cm³/mol. The van der Waals surface area contributed by atoms with E-state index in [4.69, 9.17) is 21.3 Å². The van der Waals surface area contributed by atoms with Crippen molar-refractivity contribution >= 4 is 28.8 Å². The third-order valence-corrected chi connectivity index (χ3v) is 7.49. The second kappa shape index (κ2) is 17.9. The third-order valence-electron chi connectivity index (χ3n) is 7.25. The molecular formula is C35H49ClN2O2. The lowest BCUT2D eigenvalue weighted by Crippen LogP contribution is -2.28. The van der Waals surface area contributed by atoms with E-state index in [0.29, 0.717) is 18.2 Å². The number of benzene rings is 2. The first-order valence-electron chi connectivity index (χ1n) is 14.9. The van der Waals surface area contributed by atoms with E-state index < -0.39 is 0 Å². The molecule has 0 aliphatic heterocycles. The summed E-state index contributed by atoms with van der Waals surface area (Å²) in [6, 6.07) is 14.0. The average Bonchev–Trinajstić information content (AvgIpc) is 2.95. The lowest BCUT2D eigenvalue weighted by Gasteiger charge is -2.30. The number of carbonyl (C=O) groups is 1. The van der Waals surface area contributed by atoms with Gasteiger partial charge in [0.15, 0.2) is 5.78 Å². The van der Waals surface area contributed by atoms with Gasteiger partial charge in [0.2, 0.25) is 0 Å². The van der Waals surface area contributed by atoms with Crippen LogP contribution in [-0.2, 0) is 4.74 Å². The summed E-state index contributed by atoms with van der Waals surface area (Å²) in [7, 11) is 1.73. The fraction of sp³-hybridized carbons (Fsp3) is 0.486. The molecule has 0 amide bonds. The molecule has 0 saturated heterocycles. The van der Waals surface area contributed by atoms with Crippen molar-refractivity contribution in [2.75, 3.05) is 25.2 Å². The second-order valence-corrected chi connectivity index (χ2v) is 10.8. The highest BCUT2D eigenvalue weighted by atomic mass is 35.5. The van der Waals surface area contributed by atoms with Gasteiger partial charge < -0.3 is 9.64 Å². The lowest BCUT2D eigenvalue weighted by molar-refractivity contribution is 0.0913. The Kier molecular flexibility index (Phi) is 15.0. The monoisotopic (exact) mass is 564 g/mol. The zero-order valence-electron chi connectivity index (χ0n) is 25.7. The Hall–Kier alpha value is -2.69. The number of halogens is 1. The van der Waals surface area contributed by atoms with E-state index in [-0.39, 0.29) is 11.7 Å². The maximum atomic E-state index is 13.1. The number of methoxy groups -OCH3 is 1. The molecule has 0 aromatic heterocycles. The number of Topliss-reactive ketones (excluding diaryl/α,β-unsaturated/α-hetero) is 1. The fourth-order valence-electron chi connectivity index (χ4n) is 4.80. The Labute approximate surface area is 248 Å². The van der Waals surface area contributed by atoms with E-state index in [2.05, 4.69) is 57.7 Å². The van der Waals surface area contributed by atoms with Crippen LogP contribution in [0.3, 0.4) is 0 Å². The zero-order chi connectivity index (χ0) is 29.5. The molecule has 4 nitrogen and oxygen atoms in total. The molecule has 218 valence electrons. The van der Waals surface area contributed by atoms with E-state index in [9.17, 15) is 4.79 Å². The molecule has 0 aliphatic carbocycles. The standard InChI is InChI=1S/C35H49ClN2O2/c1-8-12-14-18-32(37-27(6)29-16-15-17-31(36)25-29)34(19-13-9-2)38(22-23-40-7)33-21-20-30(24-26(33)5)35(39)28(10-3)11-4/h15-21,24-25,28H,8-14,22-23H2,1-7H3/b32-18?,34-19+,37-27?. The van der Waals surface area contributed by atoms with Gasteiger partial charge in [-0.2, -0.15) is 0 Å². The molecule has 40 heavy (non-hydrogen) atoms. The second-order valence-electron chi connectivity index (χ2n) is 10.3. The molecule has 0 N–H and O–H groups in total. The van der Waals surface area contributed by atoms with Crippen LogP contribution in [-0.4, -0.2) is 31.8 Å². The number of rotatable bonds is 17. The van der Waals surface area contributed by atoms with Crippen molar-refractivity contribution in [1.82, 2.24) is 0 Å². The van der Waals surface area contributed by atoms with Gasteiger partial charge in [-0.15, -0.1) is 0 Å². The quantitative estimate of drug-likeness (QED) is 0.0830. The van der Waals surface area contributed by atoms with Crippen LogP contribution >= 0.6 is 11.6 Å². The Morgan fingerprint density at radius 3 is 2.35 bits per heavy atom. The molecule has 0 saturated carbocycles. The van der Waals surface area contributed by atoms with E-state index >= 15 is 0 Å². The molecule has 0 atom stereocenters. The summed E-state index contributed by atoms with van der Waals surface area (Å²) in [5, 5.41) is 0.700. The van der Waals surface area contributed by atoms with E-state index in [1.54, 1.807) is 7.11 Å². The molecule has 0 fully saturated rings. The third kappa shape index (κ3) is 9.74. The number of aliphatic imine (C=N–C) groups is 1. The number of anilines is 1. The van der Waals surface area contributed by atoms with Crippen LogP contribution in [0.1, 0.15) is 101 Å². The van der Waals surface area contributed by atoms with Crippen LogP contribution in [0.25, 0.3) is 0 Å². The van der Waals surface area contributed by atoms with Crippen molar-refractivity contribution in [3.63, 3.8) is 0 Å². The van der Waals surface area contributed by atoms with Gasteiger partial charge in [0.05, 0.1) is 18.0 Å². The molecule has 0 spiro atoms. The first-order chi connectivity index (χ1) is 19.3. The van der Waals surface area contributed by atoms with E-state index in [1.807, 2.05) is 43.3 Å².